The highest BCUT2D eigenvalue weighted by Gasteiger charge is 2.41. The third kappa shape index (κ3) is 3.03. The molecule has 1 atom stereocenters. The monoisotopic (exact) mass is 281 g/mol. The van der Waals surface area contributed by atoms with Gasteiger partial charge >= 0.3 is 0 Å². The van der Waals surface area contributed by atoms with Gasteiger partial charge in [0.2, 0.25) is 0 Å². The van der Waals surface area contributed by atoms with E-state index in [2.05, 4.69) is 12.2 Å². The molecule has 112 valence electrons. The minimum absolute atomic E-state index is 0.0171. The lowest BCUT2D eigenvalue weighted by Gasteiger charge is -2.43. The Morgan fingerprint density at radius 1 is 1.40 bits per heavy atom. The van der Waals surface area contributed by atoms with Crippen LogP contribution >= 0.6 is 0 Å². The maximum atomic E-state index is 13.9. The molecule has 1 aliphatic heterocycles. The molecule has 0 amide bonds. The minimum atomic E-state index is -0.323. The van der Waals surface area contributed by atoms with Crippen molar-refractivity contribution in [1.82, 2.24) is 5.32 Å². The van der Waals surface area contributed by atoms with Gasteiger partial charge in [-0.15, -0.1) is 0 Å². The first kappa shape index (κ1) is 15.4. The summed E-state index contributed by atoms with van der Waals surface area (Å²) in [5.41, 5.74) is 1.29. The quantitative estimate of drug-likeness (QED) is 0.900. The van der Waals surface area contributed by atoms with E-state index in [9.17, 15) is 4.39 Å². The molecule has 3 nitrogen and oxygen atoms in total. The molecule has 1 aromatic rings. The molecule has 1 fully saturated rings. The predicted octanol–water partition coefficient (Wildman–Crippen LogP) is 2.98. The zero-order chi connectivity index (χ0) is 14.6. The molecule has 1 aliphatic rings. The molecule has 1 heterocycles. The van der Waals surface area contributed by atoms with E-state index in [1.165, 1.54) is 0 Å². The zero-order valence-corrected chi connectivity index (χ0v) is 12.5. The van der Waals surface area contributed by atoms with Crippen molar-refractivity contribution in [2.24, 2.45) is 0 Å². The van der Waals surface area contributed by atoms with Gasteiger partial charge in [-0.05, 0) is 30.7 Å². The fourth-order valence-corrected chi connectivity index (χ4v) is 2.93. The molecule has 2 rings (SSSR count). The van der Waals surface area contributed by atoms with E-state index in [1.54, 1.807) is 20.1 Å². The molecule has 0 spiro atoms. The number of halogens is 1. The topological polar surface area (TPSA) is 30.5 Å². The van der Waals surface area contributed by atoms with Crippen LogP contribution in [0.4, 0.5) is 4.39 Å². The van der Waals surface area contributed by atoms with Crippen LogP contribution in [0, 0.1) is 12.7 Å². The summed E-state index contributed by atoms with van der Waals surface area (Å²) < 4.78 is 25.2. The van der Waals surface area contributed by atoms with Gasteiger partial charge in [0.05, 0.1) is 11.6 Å². The molecule has 0 bridgehead atoms. The van der Waals surface area contributed by atoms with Crippen molar-refractivity contribution in [2.45, 2.75) is 38.3 Å². The molecule has 1 N–H and O–H groups in total. The molecule has 4 heteroatoms. The highest BCUT2D eigenvalue weighted by molar-refractivity contribution is 5.28. The Balaban J connectivity index is 2.35. The molecule has 1 aromatic carbocycles. The summed E-state index contributed by atoms with van der Waals surface area (Å²) in [5, 5.41) is 3.46. The fourth-order valence-electron chi connectivity index (χ4n) is 2.93. The van der Waals surface area contributed by atoms with Gasteiger partial charge in [0, 0.05) is 33.2 Å². The average molecular weight is 281 g/mol. The smallest absolute Gasteiger partial charge is 0.126 e. The Bertz CT molecular complexity index is 444. The average Bonchev–Trinajstić information content (AvgIpc) is 2.48. The van der Waals surface area contributed by atoms with E-state index in [0.29, 0.717) is 18.8 Å². The van der Waals surface area contributed by atoms with E-state index in [4.69, 9.17) is 9.47 Å². The highest BCUT2D eigenvalue weighted by atomic mass is 19.1. The van der Waals surface area contributed by atoms with Gasteiger partial charge in [-0.25, -0.2) is 4.39 Å². The largest absolute Gasteiger partial charge is 0.381 e. The molecule has 0 saturated carbocycles. The van der Waals surface area contributed by atoms with Crippen LogP contribution in [-0.4, -0.2) is 32.5 Å². The number of methoxy groups -OCH3 is 1. The molecular weight excluding hydrogens is 257 g/mol. The van der Waals surface area contributed by atoms with Crippen molar-refractivity contribution in [3.63, 3.8) is 0 Å². The molecule has 0 aromatic heterocycles. The van der Waals surface area contributed by atoms with Crippen molar-refractivity contribution in [3.8, 4) is 0 Å². The van der Waals surface area contributed by atoms with Gasteiger partial charge in [0.15, 0.2) is 0 Å². The van der Waals surface area contributed by atoms with Crippen LogP contribution in [0.1, 0.15) is 36.9 Å². The van der Waals surface area contributed by atoms with Crippen molar-refractivity contribution in [2.75, 3.05) is 26.9 Å². The van der Waals surface area contributed by atoms with Crippen LogP contribution in [0.3, 0.4) is 0 Å². The number of hydrogen-bond donors (Lipinski definition) is 1. The second-order valence-electron chi connectivity index (χ2n) is 5.38. The van der Waals surface area contributed by atoms with Gasteiger partial charge in [0.25, 0.3) is 0 Å². The lowest BCUT2D eigenvalue weighted by molar-refractivity contribution is -0.111. The summed E-state index contributed by atoms with van der Waals surface area (Å²) in [6.07, 6.45) is 1.63. The van der Waals surface area contributed by atoms with E-state index >= 15 is 0 Å². The lowest BCUT2D eigenvalue weighted by Crippen LogP contribution is -2.49. The van der Waals surface area contributed by atoms with Crippen molar-refractivity contribution in [1.29, 1.82) is 0 Å². The predicted molar refractivity (Wildman–Crippen MR) is 77.3 cm³/mol. The van der Waals surface area contributed by atoms with Crippen molar-refractivity contribution >= 4 is 0 Å². The Hall–Kier alpha value is -0.970. The van der Waals surface area contributed by atoms with Crippen LogP contribution < -0.4 is 5.32 Å². The maximum Gasteiger partial charge on any atom is 0.126 e. The SMILES string of the molecule is CCNC(c1ccc(C)c(F)c1)C1(OC)CCOCC1. The number of likely N-dealkylation sites (N-methyl/N-ethyl adjacent to an activating group) is 1. The maximum absolute atomic E-state index is 13.9. The Morgan fingerprint density at radius 2 is 2.10 bits per heavy atom. The van der Waals surface area contributed by atoms with E-state index < -0.39 is 0 Å². The van der Waals surface area contributed by atoms with Crippen LogP contribution in [0.5, 0.6) is 0 Å². The summed E-state index contributed by atoms with van der Waals surface area (Å²) in [4.78, 5) is 0. The first-order valence-electron chi connectivity index (χ1n) is 7.25. The van der Waals surface area contributed by atoms with Crippen LogP contribution in [0.2, 0.25) is 0 Å². The van der Waals surface area contributed by atoms with Crippen LogP contribution in [0.25, 0.3) is 0 Å². The Kier molecular flexibility index (Phi) is 5.13. The van der Waals surface area contributed by atoms with E-state index in [1.807, 2.05) is 12.1 Å². The summed E-state index contributed by atoms with van der Waals surface area (Å²) >= 11 is 0. The molecule has 0 radical (unpaired) electrons. The van der Waals surface area contributed by atoms with Crippen molar-refractivity contribution < 1.29 is 13.9 Å². The molecular formula is C16H24FNO2. The third-order valence-corrected chi connectivity index (χ3v) is 4.21. The van der Waals surface area contributed by atoms with Gasteiger partial charge < -0.3 is 14.8 Å². The number of ether oxygens (including phenoxy) is 2. The Labute approximate surface area is 120 Å². The summed E-state index contributed by atoms with van der Waals surface area (Å²) in [6.45, 7) is 6.02. The number of benzene rings is 1. The number of rotatable bonds is 5. The lowest BCUT2D eigenvalue weighted by atomic mass is 9.81. The zero-order valence-electron chi connectivity index (χ0n) is 12.5. The third-order valence-electron chi connectivity index (χ3n) is 4.21. The van der Waals surface area contributed by atoms with Crippen molar-refractivity contribution in [3.05, 3.63) is 35.1 Å². The summed E-state index contributed by atoms with van der Waals surface area (Å²) in [6, 6.07) is 5.43. The van der Waals surface area contributed by atoms with Crippen LogP contribution in [0.15, 0.2) is 18.2 Å². The van der Waals surface area contributed by atoms with E-state index in [-0.39, 0.29) is 17.5 Å². The standard InChI is InChI=1S/C16H24FNO2/c1-4-18-15(13-6-5-12(2)14(17)11-13)16(19-3)7-9-20-10-8-16/h5-6,11,15,18H,4,7-10H2,1-3H3. The van der Waals surface area contributed by atoms with Crippen LogP contribution in [-0.2, 0) is 9.47 Å². The van der Waals surface area contributed by atoms with Gasteiger partial charge in [0.1, 0.15) is 5.82 Å². The number of hydrogen-bond acceptors (Lipinski definition) is 3. The highest BCUT2D eigenvalue weighted by Crippen LogP contribution is 2.37. The first-order chi connectivity index (χ1) is 9.63. The number of nitrogens with one attached hydrogen (secondary N) is 1. The second kappa shape index (κ2) is 6.66. The van der Waals surface area contributed by atoms with Gasteiger partial charge in [-0.3, -0.25) is 0 Å². The minimum Gasteiger partial charge on any atom is -0.381 e. The Morgan fingerprint density at radius 3 is 2.65 bits per heavy atom. The normalized spacial score (nSPS) is 19.8. The van der Waals surface area contributed by atoms with Gasteiger partial charge in [-0.2, -0.15) is 0 Å². The molecule has 0 aliphatic carbocycles. The molecule has 1 unspecified atom stereocenters. The molecule has 20 heavy (non-hydrogen) atoms. The second-order valence-corrected chi connectivity index (χ2v) is 5.38. The first-order valence-corrected chi connectivity index (χ1v) is 7.25. The van der Waals surface area contributed by atoms with E-state index in [0.717, 1.165) is 24.9 Å². The van der Waals surface area contributed by atoms with Gasteiger partial charge in [-0.1, -0.05) is 19.1 Å². The molecule has 1 saturated heterocycles. The summed E-state index contributed by atoms with van der Waals surface area (Å²) in [7, 11) is 1.74. The summed E-state index contributed by atoms with van der Waals surface area (Å²) in [5.74, 6) is -0.163. The number of aryl methyl sites for hydroxylation is 1. The fraction of sp³-hybridized carbons (Fsp3) is 0.625.